The summed E-state index contributed by atoms with van der Waals surface area (Å²) in [7, 11) is 0. The Labute approximate surface area is 254 Å². The molecule has 0 aliphatic heterocycles. The van der Waals surface area contributed by atoms with Gasteiger partial charge in [0.1, 0.15) is 5.65 Å². The lowest BCUT2D eigenvalue weighted by Crippen LogP contribution is -1.97. The van der Waals surface area contributed by atoms with Crippen LogP contribution in [0.2, 0.25) is 0 Å². The second-order valence-corrected chi connectivity index (χ2v) is 11.2. The smallest absolute Gasteiger partial charge is 0.146 e. The second kappa shape index (κ2) is 9.82. The van der Waals surface area contributed by atoms with Gasteiger partial charge in [0.25, 0.3) is 0 Å². The first-order chi connectivity index (χ1) is 21.9. The van der Waals surface area contributed by atoms with Gasteiger partial charge in [-0.3, -0.25) is 4.57 Å². The molecule has 9 rings (SSSR count). The third-order valence-electron chi connectivity index (χ3n) is 8.79. The van der Waals surface area contributed by atoms with Gasteiger partial charge >= 0.3 is 0 Å². The van der Waals surface area contributed by atoms with E-state index in [1.807, 2.05) is 6.20 Å². The maximum absolute atomic E-state index is 4.98. The topological polar surface area (TPSA) is 22.8 Å². The third-order valence-corrected chi connectivity index (χ3v) is 8.79. The van der Waals surface area contributed by atoms with E-state index in [-0.39, 0.29) is 0 Å². The van der Waals surface area contributed by atoms with Crippen LogP contribution in [0.1, 0.15) is 0 Å². The Kier molecular flexibility index (Phi) is 5.50. The number of benzene rings is 6. The summed E-state index contributed by atoms with van der Waals surface area (Å²) in [6, 6.07) is 56.3. The summed E-state index contributed by atoms with van der Waals surface area (Å²) < 4.78 is 4.71. The number of hydrogen-bond acceptors (Lipinski definition) is 1. The zero-order chi connectivity index (χ0) is 29.0. The van der Waals surface area contributed by atoms with Gasteiger partial charge in [-0.05, 0) is 59.2 Å². The summed E-state index contributed by atoms with van der Waals surface area (Å²) in [5.74, 6) is 0. The van der Waals surface area contributed by atoms with E-state index in [2.05, 4.69) is 167 Å². The molecule has 0 amide bonds. The molecule has 0 aliphatic rings. The van der Waals surface area contributed by atoms with E-state index in [4.69, 9.17) is 4.98 Å². The van der Waals surface area contributed by atoms with E-state index >= 15 is 0 Å². The highest BCUT2D eigenvalue weighted by atomic mass is 15.0. The van der Waals surface area contributed by atoms with Crippen molar-refractivity contribution in [3.05, 3.63) is 164 Å². The average Bonchev–Trinajstić information content (AvgIpc) is 3.62. The monoisotopic (exact) mass is 561 g/mol. The van der Waals surface area contributed by atoms with E-state index in [9.17, 15) is 0 Å². The molecule has 0 fully saturated rings. The molecule has 3 aromatic heterocycles. The van der Waals surface area contributed by atoms with Crippen LogP contribution in [0.5, 0.6) is 0 Å². The average molecular weight is 562 g/mol. The summed E-state index contributed by atoms with van der Waals surface area (Å²) in [6.07, 6.45) is 1.95. The predicted octanol–water partition coefficient (Wildman–Crippen LogP) is 10.6. The minimum Gasteiger partial charge on any atom is -0.309 e. The number of aromatic nitrogens is 3. The molecule has 3 nitrogen and oxygen atoms in total. The Bertz CT molecular complexity index is 2470. The standard InChI is InChI=1S/C41H27N3/c1-3-12-28(13-4-1)29-22-24-31(25-23-29)43-37-20-9-7-16-32(37)34-18-11-19-35(40(34)43)33-26-27-42-41-39(33)36-17-8-10-21-38(36)44(41)30-14-5-2-6-15-30/h1-27H. The fourth-order valence-corrected chi connectivity index (χ4v) is 6.88. The van der Waals surface area contributed by atoms with Gasteiger partial charge in [-0.2, -0.15) is 0 Å². The van der Waals surface area contributed by atoms with Gasteiger partial charge in [0.15, 0.2) is 0 Å². The molecule has 0 aliphatic carbocycles. The quantitative estimate of drug-likeness (QED) is 0.210. The zero-order valence-corrected chi connectivity index (χ0v) is 23.9. The molecule has 3 heteroatoms. The van der Waals surface area contributed by atoms with E-state index in [0.717, 1.165) is 27.9 Å². The fraction of sp³-hybridized carbons (Fsp3) is 0. The first-order valence-corrected chi connectivity index (χ1v) is 15.0. The van der Waals surface area contributed by atoms with Gasteiger partial charge < -0.3 is 4.57 Å². The van der Waals surface area contributed by atoms with Crippen molar-refractivity contribution >= 4 is 43.7 Å². The highest BCUT2D eigenvalue weighted by Crippen LogP contribution is 2.43. The largest absolute Gasteiger partial charge is 0.309 e. The summed E-state index contributed by atoms with van der Waals surface area (Å²) in [4.78, 5) is 4.98. The van der Waals surface area contributed by atoms with Gasteiger partial charge in [0.05, 0.1) is 16.6 Å². The first-order valence-electron chi connectivity index (χ1n) is 15.0. The number of fused-ring (bicyclic) bond motifs is 6. The van der Waals surface area contributed by atoms with Crippen molar-refractivity contribution in [2.45, 2.75) is 0 Å². The molecule has 0 saturated carbocycles. The normalized spacial score (nSPS) is 11.6. The molecule has 0 unspecified atom stereocenters. The molecule has 0 spiro atoms. The number of hydrogen-bond donors (Lipinski definition) is 0. The van der Waals surface area contributed by atoms with Gasteiger partial charge in [-0.25, -0.2) is 4.98 Å². The molecule has 6 aromatic carbocycles. The maximum atomic E-state index is 4.98. The molecular weight excluding hydrogens is 534 g/mol. The number of nitrogens with zero attached hydrogens (tertiary/aromatic N) is 3. The van der Waals surface area contributed by atoms with Crippen LogP contribution in [0.25, 0.3) is 77.4 Å². The molecule has 0 bridgehead atoms. The van der Waals surface area contributed by atoms with Crippen LogP contribution in [-0.2, 0) is 0 Å². The van der Waals surface area contributed by atoms with Crippen LogP contribution in [0.15, 0.2) is 164 Å². The lowest BCUT2D eigenvalue weighted by Gasteiger charge is -2.13. The van der Waals surface area contributed by atoms with E-state index in [0.29, 0.717) is 0 Å². The molecule has 0 saturated heterocycles. The van der Waals surface area contributed by atoms with E-state index < -0.39 is 0 Å². The van der Waals surface area contributed by atoms with Crippen LogP contribution >= 0.6 is 0 Å². The van der Waals surface area contributed by atoms with Crippen molar-refractivity contribution in [1.29, 1.82) is 0 Å². The molecule has 0 atom stereocenters. The zero-order valence-electron chi connectivity index (χ0n) is 23.9. The molecule has 0 radical (unpaired) electrons. The first kappa shape index (κ1) is 24.6. The Balaban J connectivity index is 1.36. The Morgan fingerprint density at radius 2 is 0.977 bits per heavy atom. The van der Waals surface area contributed by atoms with Crippen LogP contribution in [0.4, 0.5) is 0 Å². The highest BCUT2D eigenvalue weighted by molar-refractivity contribution is 6.19. The van der Waals surface area contributed by atoms with Crippen molar-refractivity contribution in [3.63, 3.8) is 0 Å². The second-order valence-electron chi connectivity index (χ2n) is 11.2. The molecule has 44 heavy (non-hydrogen) atoms. The Morgan fingerprint density at radius 3 is 1.75 bits per heavy atom. The van der Waals surface area contributed by atoms with Crippen LogP contribution < -0.4 is 0 Å². The minimum absolute atomic E-state index is 0.960. The summed E-state index contributed by atoms with van der Waals surface area (Å²) >= 11 is 0. The van der Waals surface area contributed by atoms with Crippen molar-refractivity contribution < 1.29 is 0 Å². The van der Waals surface area contributed by atoms with Crippen LogP contribution in [0.3, 0.4) is 0 Å². The SMILES string of the molecule is c1ccc(-c2ccc(-n3c4ccccc4c4cccc(-c5ccnc6c5c5ccccc5n6-c5ccccc5)c43)cc2)cc1. The van der Waals surface area contributed by atoms with E-state index in [1.165, 1.54) is 49.4 Å². The van der Waals surface area contributed by atoms with Gasteiger partial charge in [-0.1, -0.05) is 115 Å². The van der Waals surface area contributed by atoms with Crippen molar-refractivity contribution in [2.24, 2.45) is 0 Å². The summed E-state index contributed by atoms with van der Waals surface area (Å²) in [5, 5.41) is 4.84. The number of pyridine rings is 1. The van der Waals surface area contributed by atoms with Crippen LogP contribution in [-0.4, -0.2) is 14.1 Å². The number of para-hydroxylation sites is 4. The van der Waals surface area contributed by atoms with Crippen molar-refractivity contribution in [3.8, 4) is 33.6 Å². The summed E-state index contributed by atoms with van der Waals surface area (Å²) in [5.41, 5.74) is 11.5. The third kappa shape index (κ3) is 3.66. The predicted molar refractivity (Wildman–Crippen MR) is 184 cm³/mol. The van der Waals surface area contributed by atoms with E-state index in [1.54, 1.807) is 0 Å². The van der Waals surface area contributed by atoms with Gasteiger partial charge in [-0.15, -0.1) is 0 Å². The lowest BCUT2D eigenvalue weighted by molar-refractivity contribution is 1.14. The maximum Gasteiger partial charge on any atom is 0.146 e. The molecule has 3 heterocycles. The summed E-state index contributed by atoms with van der Waals surface area (Å²) in [6.45, 7) is 0. The van der Waals surface area contributed by atoms with Crippen LogP contribution in [0, 0.1) is 0 Å². The van der Waals surface area contributed by atoms with Gasteiger partial charge in [0, 0.05) is 44.7 Å². The van der Waals surface area contributed by atoms with Crippen molar-refractivity contribution in [2.75, 3.05) is 0 Å². The lowest BCUT2D eigenvalue weighted by atomic mass is 9.98. The van der Waals surface area contributed by atoms with Gasteiger partial charge in [0.2, 0.25) is 0 Å². The molecule has 206 valence electrons. The van der Waals surface area contributed by atoms with Crippen molar-refractivity contribution in [1.82, 2.24) is 14.1 Å². The minimum atomic E-state index is 0.960. The molecule has 0 N–H and O–H groups in total. The molecule has 9 aromatic rings. The fourth-order valence-electron chi connectivity index (χ4n) is 6.88. The Hall–Kier alpha value is -5.93. The molecular formula is C41H27N3. The Morgan fingerprint density at radius 1 is 0.386 bits per heavy atom. The highest BCUT2D eigenvalue weighted by Gasteiger charge is 2.21. The number of rotatable bonds is 4.